The van der Waals surface area contributed by atoms with Crippen LogP contribution in [-0.2, 0) is 0 Å². The van der Waals surface area contributed by atoms with Crippen molar-refractivity contribution in [2.75, 3.05) is 0 Å². The Labute approximate surface area is 69.9 Å². The third-order valence-corrected chi connectivity index (χ3v) is 1.95. The van der Waals surface area contributed by atoms with Gasteiger partial charge in [-0.25, -0.2) is 0 Å². The van der Waals surface area contributed by atoms with Crippen LogP contribution in [-0.4, -0.2) is 16.0 Å². The fraction of sp³-hybridized carbons (Fsp3) is 0.429. The molecule has 3 heteroatoms. The summed E-state index contributed by atoms with van der Waals surface area (Å²) >= 11 is 10.9. The van der Waals surface area contributed by atoms with Crippen LogP contribution in [0.15, 0.2) is 24.3 Å². The monoisotopic (exact) mass is 178 g/mol. The van der Waals surface area contributed by atoms with E-state index in [1.54, 1.807) is 0 Å². The molecule has 0 spiro atoms. The molecule has 0 amide bonds. The van der Waals surface area contributed by atoms with Gasteiger partial charge in [-0.1, -0.05) is 24.3 Å². The molecule has 0 aromatic rings. The first kappa shape index (κ1) is 8.12. The number of aliphatic hydroxyl groups excluding tert-OH is 1. The van der Waals surface area contributed by atoms with Gasteiger partial charge in [0.25, 0.3) is 0 Å². The fourth-order valence-electron chi connectivity index (χ4n) is 0.845. The Morgan fingerprint density at radius 1 is 1.20 bits per heavy atom. The first-order chi connectivity index (χ1) is 4.72. The predicted molar refractivity (Wildman–Crippen MR) is 43.3 cm³/mol. The highest BCUT2D eigenvalue weighted by atomic mass is 35.5. The average molecular weight is 179 g/mol. The maximum atomic E-state index is 9.26. The molecule has 1 atom stereocenters. The smallest absolute Gasteiger partial charge is 0.134 e. The zero-order valence-electron chi connectivity index (χ0n) is 5.24. The van der Waals surface area contributed by atoms with Gasteiger partial charge in [-0.2, -0.15) is 0 Å². The van der Waals surface area contributed by atoms with Crippen molar-refractivity contribution in [3.05, 3.63) is 24.3 Å². The lowest BCUT2D eigenvalue weighted by Crippen LogP contribution is -2.22. The Morgan fingerprint density at radius 3 is 2.10 bits per heavy atom. The molecule has 0 aliphatic heterocycles. The molecule has 0 aromatic heterocycles. The molecule has 0 aromatic carbocycles. The van der Waals surface area contributed by atoms with E-state index in [1.807, 2.05) is 24.3 Å². The van der Waals surface area contributed by atoms with Crippen molar-refractivity contribution in [1.82, 2.24) is 0 Å². The summed E-state index contributed by atoms with van der Waals surface area (Å²) < 4.78 is 0. The second-order valence-electron chi connectivity index (χ2n) is 2.17. The highest BCUT2D eigenvalue weighted by Gasteiger charge is 2.21. The lowest BCUT2D eigenvalue weighted by atomic mass is 10.1. The number of halogens is 2. The molecule has 0 saturated heterocycles. The maximum absolute atomic E-state index is 9.26. The largest absolute Gasteiger partial charge is 0.389 e. The van der Waals surface area contributed by atoms with Gasteiger partial charge >= 0.3 is 0 Å². The number of rotatable bonds is 2. The van der Waals surface area contributed by atoms with Crippen LogP contribution < -0.4 is 0 Å². The molecule has 1 unspecified atom stereocenters. The molecule has 0 saturated carbocycles. The van der Waals surface area contributed by atoms with Crippen molar-refractivity contribution in [1.29, 1.82) is 0 Å². The van der Waals surface area contributed by atoms with Gasteiger partial charge in [0.1, 0.15) is 4.84 Å². The van der Waals surface area contributed by atoms with Crippen LogP contribution >= 0.6 is 23.2 Å². The number of aliphatic hydroxyl groups is 1. The summed E-state index contributed by atoms with van der Waals surface area (Å²) in [6, 6.07) is 0. The van der Waals surface area contributed by atoms with Crippen LogP contribution in [0.1, 0.15) is 0 Å². The molecule has 1 aliphatic rings. The molecule has 1 N–H and O–H groups in total. The van der Waals surface area contributed by atoms with Gasteiger partial charge < -0.3 is 5.11 Å². The molecule has 56 valence electrons. The van der Waals surface area contributed by atoms with Gasteiger partial charge in [0.2, 0.25) is 0 Å². The van der Waals surface area contributed by atoms with E-state index in [-0.39, 0.29) is 5.92 Å². The molecule has 10 heavy (non-hydrogen) atoms. The molecule has 1 rings (SSSR count). The first-order valence-corrected chi connectivity index (χ1v) is 3.90. The fourth-order valence-corrected chi connectivity index (χ4v) is 1.18. The number of hydrogen-bond acceptors (Lipinski definition) is 1. The quantitative estimate of drug-likeness (QED) is 0.641. The van der Waals surface area contributed by atoms with E-state index in [0.29, 0.717) is 0 Å². The van der Waals surface area contributed by atoms with Crippen LogP contribution in [0.2, 0.25) is 0 Å². The van der Waals surface area contributed by atoms with Crippen molar-refractivity contribution in [3.8, 4) is 0 Å². The zero-order valence-corrected chi connectivity index (χ0v) is 6.76. The molecule has 1 nitrogen and oxygen atoms in total. The van der Waals surface area contributed by atoms with Gasteiger partial charge in [0.15, 0.2) is 0 Å². The van der Waals surface area contributed by atoms with E-state index in [2.05, 4.69) is 0 Å². The Kier molecular flexibility index (Phi) is 2.78. The molecular weight excluding hydrogens is 171 g/mol. The summed E-state index contributed by atoms with van der Waals surface area (Å²) in [5, 5.41) is 9.26. The number of hydrogen-bond donors (Lipinski definition) is 1. The summed E-state index contributed by atoms with van der Waals surface area (Å²) in [5.74, 6) is -0.0139. The third kappa shape index (κ3) is 1.75. The van der Waals surface area contributed by atoms with Crippen molar-refractivity contribution in [3.63, 3.8) is 0 Å². The van der Waals surface area contributed by atoms with Crippen molar-refractivity contribution >= 4 is 23.2 Å². The predicted octanol–water partition coefficient (Wildman–Crippen LogP) is 1.89. The highest BCUT2D eigenvalue weighted by molar-refractivity contribution is 6.44. The van der Waals surface area contributed by atoms with Gasteiger partial charge in [-0.05, 0) is 0 Å². The molecule has 0 heterocycles. The topological polar surface area (TPSA) is 20.2 Å². The van der Waals surface area contributed by atoms with Crippen LogP contribution in [0.4, 0.5) is 0 Å². The summed E-state index contributed by atoms with van der Waals surface area (Å²) in [6.07, 6.45) is 6.78. The van der Waals surface area contributed by atoms with Gasteiger partial charge in [-0.15, -0.1) is 23.2 Å². The average Bonchev–Trinajstić information content (AvgIpc) is 2.36. The second kappa shape index (κ2) is 3.42. The summed E-state index contributed by atoms with van der Waals surface area (Å²) in [6.45, 7) is 0. The Bertz CT molecular complexity index is 151. The van der Waals surface area contributed by atoms with Gasteiger partial charge in [0, 0.05) is 5.92 Å². The zero-order chi connectivity index (χ0) is 7.56. The van der Waals surface area contributed by atoms with Crippen LogP contribution in [0, 0.1) is 5.92 Å². The van der Waals surface area contributed by atoms with Crippen LogP contribution in [0.3, 0.4) is 0 Å². The van der Waals surface area contributed by atoms with Crippen molar-refractivity contribution in [2.45, 2.75) is 10.9 Å². The van der Waals surface area contributed by atoms with E-state index in [9.17, 15) is 5.11 Å². The van der Waals surface area contributed by atoms with E-state index in [1.165, 1.54) is 0 Å². The molecular formula is C7H8Cl2O. The van der Waals surface area contributed by atoms with E-state index < -0.39 is 10.9 Å². The van der Waals surface area contributed by atoms with Crippen LogP contribution in [0.5, 0.6) is 0 Å². The lowest BCUT2D eigenvalue weighted by molar-refractivity contribution is 0.163. The normalized spacial score (nSPS) is 20.8. The van der Waals surface area contributed by atoms with Crippen molar-refractivity contribution < 1.29 is 5.11 Å². The second-order valence-corrected chi connectivity index (χ2v) is 3.34. The van der Waals surface area contributed by atoms with E-state index in [4.69, 9.17) is 23.2 Å². The maximum Gasteiger partial charge on any atom is 0.134 e. The third-order valence-electron chi connectivity index (χ3n) is 1.43. The van der Waals surface area contributed by atoms with E-state index >= 15 is 0 Å². The summed E-state index contributed by atoms with van der Waals surface area (Å²) in [7, 11) is 0. The minimum absolute atomic E-state index is 0.0139. The Balaban J connectivity index is 2.49. The summed E-state index contributed by atoms with van der Waals surface area (Å²) in [4.78, 5) is -0.711. The van der Waals surface area contributed by atoms with Crippen LogP contribution in [0.25, 0.3) is 0 Å². The standard InChI is InChI=1S/C7H8Cl2O/c8-7(9)6(10)5-3-1-2-4-5/h1-7,10H. The molecule has 0 bridgehead atoms. The SMILES string of the molecule is OC(C(Cl)Cl)C1C=CC=C1. The minimum Gasteiger partial charge on any atom is -0.389 e. The molecule has 0 fully saturated rings. The number of alkyl halides is 2. The highest BCUT2D eigenvalue weighted by Crippen LogP contribution is 2.21. The van der Waals surface area contributed by atoms with Gasteiger partial charge in [0.05, 0.1) is 6.10 Å². The molecule has 1 aliphatic carbocycles. The Hall–Kier alpha value is 0.0200. The lowest BCUT2D eigenvalue weighted by Gasteiger charge is -2.14. The minimum atomic E-state index is -0.711. The number of allylic oxidation sites excluding steroid dienone is 2. The van der Waals surface area contributed by atoms with Gasteiger partial charge in [-0.3, -0.25) is 0 Å². The summed E-state index contributed by atoms with van der Waals surface area (Å²) in [5.41, 5.74) is 0. The first-order valence-electron chi connectivity index (χ1n) is 3.03. The molecule has 0 radical (unpaired) electrons. The van der Waals surface area contributed by atoms with E-state index in [0.717, 1.165) is 0 Å². The van der Waals surface area contributed by atoms with Crippen molar-refractivity contribution in [2.24, 2.45) is 5.92 Å². The Morgan fingerprint density at radius 2 is 1.70 bits per heavy atom.